The first-order valence-electron chi connectivity index (χ1n) is 6.12. The lowest BCUT2D eigenvalue weighted by molar-refractivity contribution is 0.0531. The van der Waals surface area contributed by atoms with E-state index in [0.717, 1.165) is 11.3 Å². The summed E-state index contributed by atoms with van der Waals surface area (Å²) in [6.07, 6.45) is 1.65. The van der Waals surface area contributed by atoms with Crippen LogP contribution < -0.4 is 5.56 Å². The number of nitriles is 1. The molecule has 0 bridgehead atoms. The van der Waals surface area contributed by atoms with Gasteiger partial charge in [-0.3, -0.25) is 9.36 Å². The fraction of sp³-hybridized carbons (Fsp3) is 0.385. The first-order chi connectivity index (χ1) is 9.60. The second-order valence-corrected chi connectivity index (χ2v) is 5.11. The smallest absolute Gasteiger partial charge is 0.348 e. The molecule has 0 aliphatic rings. The van der Waals surface area contributed by atoms with E-state index in [0.29, 0.717) is 27.2 Å². The van der Waals surface area contributed by atoms with Crippen molar-refractivity contribution in [2.45, 2.75) is 26.8 Å². The van der Waals surface area contributed by atoms with Crippen LogP contribution in [0.25, 0.3) is 10.2 Å². The number of nitrogens with zero attached hydrogens (tertiary/aromatic N) is 3. The number of esters is 1. The number of aromatic nitrogens is 2. The van der Waals surface area contributed by atoms with E-state index in [-0.39, 0.29) is 18.6 Å². The Labute approximate surface area is 119 Å². The third-order valence-electron chi connectivity index (χ3n) is 2.84. The first-order valence-corrected chi connectivity index (χ1v) is 6.94. The van der Waals surface area contributed by atoms with Gasteiger partial charge in [-0.05, 0) is 19.4 Å². The van der Waals surface area contributed by atoms with Gasteiger partial charge in [-0.15, -0.1) is 11.3 Å². The molecule has 0 spiro atoms. The normalized spacial score (nSPS) is 10.4. The Balaban J connectivity index is 2.56. The molecule has 0 unspecified atom stereocenters. The maximum atomic E-state index is 12.3. The molecule has 0 radical (unpaired) electrons. The van der Waals surface area contributed by atoms with Gasteiger partial charge in [0.05, 0.1) is 30.8 Å². The molecule has 6 nitrogen and oxygen atoms in total. The number of fused-ring (bicyclic) bond motifs is 1. The zero-order valence-electron chi connectivity index (χ0n) is 11.2. The molecule has 104 valence electrons. The van der Waals surface area contributed by atoms with Gasteiger partial charge in [0.2, 0.25) is 0 Å². The minimum Gasteiger partial charge on any atom is -0.462 e. The second kappa shape index (κ2) is 5.84. The van der Waals surface area contributed by atoms with Crippen LogP contribution in [-0.2, 0) is 11.3 Å². The van der Waals surface area contributed by atoms with Gasteiger partial charge >= 0.3 is 5.97 Å². The molecule has 0 aliphatic carbocycles. The van der Waals surface area contributed by atoms with E-state index in [1.54, 1.807) is 13.8 Å². The molecule has 0 N–H and O–H groups in total. The summed E-state index contributed by atoms with van der Waals surface area (Å²) in [5.41, 5.74) is 0.363. The standard InChI is InChI=1S/C13H13N3O3S/c1-3-19-13(18)10-8(2)9-11(20-10)15-7-16(12(9)17)6-4-5-14/h7H,3-4,6H2,1-2H3. The van der Waals surface area contributed by atoms with Crippen molar-refractivity contribution in [2.75, 3.05) is 6.61 Å². The van der Waals surface area contributed by atoms with Crippen LogP contribution in [0.1, 0.15) is 28.6 Å². The highest BCUT2D eigenvalue weighted by atomic mass is 32.1. The third kappa shape index (κ3) is 2.42. The van der Waals surface area contributed by atoms with E-state index >= 15 is 0 Å². The Bertz CT molecular complexity index is 755. The lowest BCUT2D eigenvalue weighted by atomic mass is 10.2. The van der Waals surface area contributed by atoms with E-state index in [4.69, 9.17) is 10.00 Å². The average Bonchev–Trinajstić information content (AvgIpc) is 2.76. The third-order valence-corrected chi connectivity index (χ3v) is 4.02. The highest BCUT2D eigenvalue weighted by Crippen LogP contribution is 2.27. The van der Waals surface area contributed by atoms with Crippen LogP contribution in [0.2, 0.25) is 0 Å². The Hall–Kier alpha value is -2.20. The molecule has 2 aromatic rings. The molecule has 2 aromatic heterocycles. The van der Waals surface area contributed by atoms with Crippen molar-refractivity contribution in [3.8, 4) is 6.07 Å². The number of ether oxygens (including phenoxy) is 1. The largest absolute Gasteiger partial charge is 0.462 e. The van der Waals surface area contributed by atoms with E-state index in [2.05, 4.69) is 4.98 Å². The van der Waals surface area contributed by atoms with Crippen molar-refractivity contribution in [1.29, 1.82) is 5.26 Å². The molecule has 0 fully saturated rings. The van der Waals surface area contributed by atoms with Crippen LogP contribution in [0.15, 0.2) is 11.1 Å². The summed E-state index contributed by atoms with van der Waals surface area (Å²) in [5.74, 6) is -0.434. The molecule has 0 aromatic carbocycles. The van der Waals surface area contributed by atoms with Crippen LogP contribution in [0.3, 0.4) is 0 Å². The summed E-state index contributed by atoms with van der Waals surface area (Å²) in [7, 11) is 0. The summed E-state index contributed by atoms with van der Waals surface area (Å²) in [6.45, 7) is 4.02. The topological polar surface area (TPSA) is 85.0 Å². The number of hydrogen-bond donors (Lipinski definition) is 0. The number of thiophene rings is 1. The van der Waals surface area contributed by atoms with Crippen molar-refractivity contribution >= 4 is 27.5 Å². The van der Waals surface area contributed by atoms with E-state index in [9.17, 15) is 9.59 Å². The Morgan fingerprint density at radius 1 is 1.60 bits per heavy atom. The zero-order chi connectivity index (χ0) is 14.7. The molecule has 0 atom stereocenters. The summed E-state index contributed by atoms with van der Waals surface area (Å²) in [4.78, 5) is 29.2. The van der Waals surface area contributed by atoms with Crippen molar-refractivity contribution in [2.24, 2.45) is 0 Å². The lowest BCUT2D eigenvalue weighted by Crippen LogP contribution is -2.20. The molecule has 0 aliphatic heterocycles. The Morgan fingerprint density at radius 2 is 2.35 bits per heavy atom. The summed E-state index contributed by atoms with van der Waals surface area (Å²) in [6, 6.07) is 1.99. The van der Waals surface area contributed by atoms with Crippen LogP contribution in [0.5, 0.6) is 0 Å². The maximum Gasteiger partial charge on any atom is 0.348 e. The summed E-state index contributed by atoms with van der Waals surface area (Å²) < 4.78 is 6.35. The number of rotatable bonds is 4. The molecule has 0 saturated carbocycles. The predicted octanol–water partition coefficient (Wildman–Crippen LogP) is 1.86. The summed E-state index contributed by atoms with van der Waals surface area (Å²) >= 11 is 1.15. The molecular formula is C13H13N3O3S. The fourth-order valence-electron chi connectivity index (χ4n) is 1.88. The molecule has 7 heteroatoms. The van der Waals surface area contributed by atoms with Crippen molar-refractivity contribution < 1.29 is 9.53 Å². The number of carbonyl (C=O) groups is 1. The Morgan fingerprint density at radius 3 is 3.00 bits per heavy atom. The van der Waals surface area contributed by atoms with Gasteiger partial charge in [-0.25, -0.2) is 9.78 Å². The minimum absolute atomic E-state index is 0.227. The van der Waals surface area contributed by atoms with E-state index in [1.165, 1.54) is 10.9 Å². The monoisotopic (exact) mass is 291 g/mol. The molecule has 2 heterocycles. The van der Waals surface area contributed by atoms with Crippen molar-refractivity contribution in [3.63, 3.8) is 0 Å². The maximum absolute atomic E-state index is 12.3. The average molecular weight is 291 g/mol. The van der Waals surface area contributed by atoms with Crippen molar-refractivity contribution in [3.05, 3.63) is 27.1 Å². The fourth-order valence-corrected chi connectivity index (χ4v) is 2.91. The van der Waals surface area contributed by atoms with Crippen molar-refractivity contribution in [1.82, 2.24) is 9.55 Å². The van der Waals surface area contributed by atoms with Crippen LogP contribution >= 0.6 is 11.3 Å². The van der Waals surface area contributed by atoms with Crippen LogP contribution in [0.4, 0.5) is 0 Å². The lowest BCUT2D eigenvalue weighted by Gasteiger charge is -2.01. The number of aryl methyl sites for hydroxylation is 2. The molecular weight excluding hydrogens is 278 g/mol. The molecule has 2 rings (SSSR count). The van der Waals surface area contributed by atoms with Gasteiger partial charge in [-0.1, -0.05) is 0 Å². The first kappa shape index (κ1) is 14.2. The highest BCUT2D eigenvalue weighted by Gasteiger charge is 2.20. The van der Waals surface area contributed by atoms with E-state index in [1.807, 2.05) is 6.07 Å². The van der Waals surface area contributed by atoms with Gasteiger partial charge in [0.15, 0.2) is 0 Å². The van der Waals surface area contributed by atoms with Gasteiger partial charge in [0, 0.05) is 6.54 Å². The SMILES string of the molecule is CCOC(=O)c1sc2ncn(CCC#N)c(=O)c2c1C. The molecule has 20 heavy (non-hydrogen) atoms. The highest BCUT2D eigenvalue weighted by molar-refractivity contribution is 7.20. The van der Waals surface area contributed by atoms with Gasteiger partial charge < -0.3 is 4.74 Å². The molecule has 0 saturated heterocycles. The number of hydrogen-bond acceptors (Lipinski definition) is 6. The van der Waals surface area contributed by atoms with Crippen LogP contribution in [0, 0.1) is 18.3 Å². The zero-order valence-corrected chi connectivity index (χ0v) is 12.0. The molecule has 0 amide bonds. The number of carbonyl (C=O) groups excluding carboxylic acids is 1. The summed E-state index contributed by atoms with van der Waals surface area (Å²) in [5, 5.41) is 9.01. The van der Waals surface area contributed by atoms with Gasteiger partial charge in [0.1, 0.15) is 9.71 Å². The quantitative estimate of drug-likeness (QED) is 0.803. The Kier molecular flexibility index (Phi) is 4.15. The second-order valence-electron chi connectivity index (χ2n) is 4.11. The predicted molar refractivity (Wildman–Crippen MR) is 74.8 cm³/mol. The van der Waals surface area contributed by atoms with Gasteiger partial charge in [-0.2, -0.15) is 5.26 Å². The van der Waals surface area contributed by atoms with Gasteiger partial charge in [0.25, 0.3) is 5.56 Å². The van der Waals surface area contributed by atoms with Crippen LogP contribution in [-0.4, -0.2) is 22.1 Å². The van der Waals surface area contributed by atoms with E-state index < -0.39 is 5.97 Å². The minimum atomic E-state index is -0.434.